The predicted molar refractivity (Wildman–Crippen MR) is 58.6 cm³/mol. The normalized spacial score (nSPS) is 17.8. The Labute approximate surface area is 77.5 Å². The van der Waals surface area contributed by atoms with Gasteiger partial charge in [0.25, 0.3) is 22.6 Å². The van der Waals surface area contributed by atoms with E-state index in [1.807, 2.05) is 0 Å². The monoisotopic (exact) mass is 165 g/mol. The highest BCUT2D eigenvalue weighted by molar-refractivity contribution is 6.65. The number of nitrogens with zero attached hydrogens (tertiary/aromatic N) is 1. The lowest BCUT2D eigenvalue weighted by Crippen LogP contribution is -2.58. The van der Waals surface area contributed by atoms with E-state index in [2.05, 4.69) is 21.9 Å². The highest BCUT2D eigenvalue weighted by Gasteiger charge is 2.11. The van der Waals surface area contributed by atoms with Crippen molar-refractivity contribution in [1.82, 2.24) is 15.0 Å². The molecule has 0 saturated carbocycles. The minimum absolute atomic E-state index is 0.964. The molecule has 1 fully saturated rings. The van der Waals surface area contributed by atoms with Crippen LogP contribution in [0.3, 0.4) is 0 Å². The molecule has 0 aromatic heterocycles. The van der Waals surface area contributed by atoms with E-state index in [9.17, 15) is 0 Å². The lowest BCUT2D eigenvalue weighted by atomic mass is 9.80. The number of rotatable bonds is 5. The van der Waals surface area contributed by atoms with Gasteiger partial charge in [-0.1, -0.05) is 26.2 Å². The molecule has 1 heterocycles. The molecule has 0 amide bonds. The van der Waals surface area contributed by atoms with Crippen molar-refractivity contribution >= 4 is 22.6 Å². The van der Waals surface area contributed by atoms with E-state index in [-0.39, 0.29) is 0 Å². The first-order valence-corrected chi connectivity index (χ1v) is 5.07. The van der Waals surface area contributed by atoms with Gasteiger partial charge in [0.15, 0.2) is 0 Å². The van der Waals surface area contributed by atoms with Gasteiger partial charge in [-0.3, -0.25) is 0 Å². The van der Waals surface area contributed by atoms with Crippen molar-refractivity contribution in [2.45, 2.75) is 32.6 Å². The zero-order valence-corrected chi connectivity index (χ0v) is 8.10. The summed E-state index contributed by atoms with van der Waals surface area (Å²) >= 11 is 0. The summed E-state index contributed by atoms with van der Waals surface area (Å²) < 4.78 is 2.42. The van der Waals surface area contributed by atoms with Crippen molar-refractivity contribution in [3.8, 4) is 0 Å². The molecule has 12 heavy (non-hydrogen) atoms. The Morgan fingerprint density at radius 3 is 2.50 bits per heavy atom. The average molecular weight is 165 g/mol. The van der Waals surface area contributed by atoms with E-state index in [0.717, 1.165) is 22.6 Å². The van der Waals surface area contributed by atoms with Crippen LogP contribution in [-0.2, 0) is 0 Å². The number of unbranched alkanes of at least 4 members (excludes halogenated alkanes) is 3. The molecule has 0 atom stereocenters. The van der Waals surface area contributed by atoms with Crippen molar-refractivity contribution in [2.75, 3.05) is 6.54 Å². The maximum absolute atomic E-state index is 3.29. The predicted octanol–water partition coefficient (Wildman–Crippen LogP) is -1.14. The van der Waals surface area contributed by atoms with Crippen LogP contribution in [0.4, 0.5) is 0 Å². The molecule has 0 bridgehead atoms. The maximum atomic E-state index is 3.29. The molecule has 0 aromatic carbocycles. The van der Waals surface area contributed by atoms with Gasteiger partial charge in [0, 0.05) is 0 Å². The highest BCUT2D eigenvalue weighted by Crippen LogP contribution is 1.99. The molecule has 0 unspecified atom stereocenters. The molecule has 66 valence electrons. The van der Waals surface area contributed by atoms with Gasteiger partial charge in [-0.2, -0.15) is 0 Å². The molecular formula is C6H18B3N3. The highest BCUT2D eigenvalue weighted by atomic mass is 15.1. The fraction of sp³-hybridized carbons (Fsp3) is 1.00. The summed E-state index contributed by atoms with van der Waals surface area (Å²) in [4.78, 5) is 0. The molecule has 1 rings (SSSR count). The molecule has 0 aromatic rings. The molecule has 1 aliphatic heterocycles. The van der Waals surface area contributed by atoms with Crippen LogP contribution in [0, 0.1) is 0 Å². The Hall–Kier alpha value is 0.0748. The summed E-state index contributed by atoms with van der Waals surface area (Å²) in [7, 11) is 3.07. The topological polar surface area (TPSA) is 27.3 Å². The minimum Gasteiger partial charge on any atom is -0.377 e. The van der Waals surface area contributed by atoms with Crippen LogP contribution in [0.2, 0.25) is 0 Å². The Morgan fingerprint density at radius 1 is 1.08 bits per heavy atom. The van der Waals surface area contributed by atoms with Crippen molar-refractivity contribution in [3.63, 3.8) is 0 Å². The van der Waals surface area contributed by atoms with Crippen LogP contribution in [0.1, 0.15) is 32.6 Å². The van der Waals surface area contributed by atoms with Crippen LogP contribution in [0.25, 0.3) is 0 Å². The molecule has 6 heteroatoms. The van der Waals surface area contributed by atoms with Gasteiger partial charge in [-0.05, 0) is 13.0 Å². The summed E-state index contributed by atoms with van der Waals surface area (Å²) in [6, 6.07) is 0. The van der Waals surface area contributed by atoms with Crippen molar-refractivity contribution in [2.24, 2.45) is 0 Å². The second-order valence-electron chi connectivity index (χ2n) is 3.45. The summed E-state index contributed by atoms with van der Waals surface area (Å²) in [5.41, 5.74) is 0. The summed E-state index contributed by atoms with van der Waals surface area (Å²) in [6.45, 7) is 3.49. The van der Waals surface area contributed by atoms with Gasteiger partial charge in [0.05, 0.1) is 0 Å². The largest absolute Gasteiger partial charge is 0.377 e. The Balaban J connectivity index is 1.91. The van der Waals surface area contributed by atoms with Gasteiger partial charge in [-0.15, -0.1) is 0 Å². The summed E-state index contributed by atoms with van der Waals surface area (Å²) in [6.07, 6.45) is 5.44. The fourth-order valence-corrected chi connectivity index (χ4v) is 1.49. The van der Waals surface area contributed by atoms with Gasteiger partial charge in [-0.25, -0.2) is 0 Å². The second-order valence-corrected chi connectivity index (χ2v) is 3.45. The first-order valence-electron chi connectivity index (χ1n) is 5.07. The van der Waals surface area contributed by atoms with Crippen molar-refractivity contribution in [3.05, 3.63) is 0 Å². The first-order chi connectivity index (χ1) is 5.93. The van der Waals surface area contributed by atoms with Crippen molar-refractivity contribution < 1.29 is 0 Å². The lowest BCUT2D eigenvalue weighted by Gasteiger charge is -2.25. The zero-order valence-electron chi connectivity index (χ0n) is 8.10. The van der Waals surface area contributed by atoms with E-state index in [1.54, 1.807) is 0 Å². The smallest absolute Gasteiger partial charge is 0.267 e. The molecule has 3 nitrogen and oxygen atoms in total. The Kier molecular flexibility index (Phi) is 5.57. The van der Waals surface area contributed by atoms with Crippen LogP contribution in [0.15, 0.2) is 0 Å². The van der Waals surface area contributed by atoms with Gasteiger partial charge in [0.2, 0.25) is 0 Å². The van der Waals surface area contributed by atoms with Crippen LogP contribution in [-0.4, -0.2) is 33.9 Å². The summed E-state index contributed by atoms with van der Waals surface area (Å²) in [5.74, 6) is 0. The third kappa shape index (κ3) is 4.19. The fourth-order valence-electron chi connectivity index (χ4n) is 1.49. The molecular weight excluding hydrogens is 147 g/mol. The molecule has 2 N–H and O–H groups in total. The van der Waals surface area contributed by atoms with Crippen molar-refractivity contribution in [1.29, 1.82) is 0 Å². The van der Waals surface area contributed by atoms with Gasteiger partial charge >= 0.3 is 0 Å². The standard InChI is InChI=1S/C6H18B3N3/c1-2-3-4-5-6-12-8-10-7-11-9-12/h7-11H,2-6H2,1H3. The van der Waals surface area contributed by atoms with Gasteiger partial charge in [0.1, 0.15) is 0 Å². The third-order valence-electron chi connectivity index (χ3n) is 2.25. The van der Waals surface area contributed by atoms with Crippen LogP contribution >= 0.6 is 0 Å². The first kappa shape index (κ1) is 10.2. The SMILES string of the molecule is CCCCCCN1BNBNB1. The van der Waals surface area contributed by atoms with Crippen LogP contribution < -0.4 is 10.3 Å². The molecule has 0 spiro atoms. The third-order valence-corrected chi connectivity index (χ3v) is 2.25. The van der Waals surface area contributed by atoms with Crippen LogP contribution in [0.5, 0.6) is 0 Å². The quantitative estimate of drug-likeness (QED) is 0.398. The Morgan fingerprint density at radius 2 is 1.83 bits per heavy atom. The molecule has 0 aliphatic carbocycles. The van der Waals surface area contributed by atoms with E-state index in [0.29, 0.717) is 0 Å². The second kappa shape index (κ2) is 6.58. The van der Waals surface area contributed by atoms with E-state index >= 15 is 0 Å². The van der Waals surface area contributed by atoms with E-state index < -0.39 is 0 Å². The van der Waals surface area contributed by atoms with Gasteiger partial charge < -0.3 is 15.0 Å². The molecule has 0 radical (unpaired) electrons. The number of hydrogen-bond acceptors (Lipinski definition) is 3. The zero-order chi connectivity index (χ0) is 8.65. The lowest BCUT2D eigenvalue weighted by molar-refractivity contribution is 0.568. The van der Waals surface area contributed by atoms with E-state index in [1.165, 1.54) is 32.2 Å². The minimum atomic E-state index is 0.964. The van der Waals surface area contributed by atoms with E-state index in [4.69, 9.17) is 0 Å². The number of hydrogen-bond donors (Lipinski definition) is 2. The summed E-state index contributed by atoms with van der Waals surface area (Å²) in [5, 5.41) is 6.58. The number of nitrogens with one attached hydrogen (secondary N) is 2. The molecule has 1 aliphatic rings. The molecule has 1 saturated heterocycles. The Bertz CT molecular complexity index is 108. The maximum Gasteiger partial charge on any atom is 0.267 e. The average Bonchev–Trinajstić information content (AvgIpc) is 2.14.